The zero-order chi connectivity index (χ0) is 14.2. The molecule has 0 aliphatic rings. The molecule has 108 valence electrons. The van der Waals surface area contributed by atoms with E-state index in [9.17, 15) is 0 Å². The van der Waals surface area contributed by atoms with E-state index in [-0.39, 0.29) is 0 Å². The van der Waals surface area contributed by atoms with E-state index in [1.807, 2.05) is 11.3 Å². The van der Waals surface area contributed by atoms with Gasteiger partial charge in [-0.25, -0.2) is 0 Å². The highest BCUT2D eigenvalue weighted by atomic mass is 79.9. The van der Waals surface area contributed by atoms with E-state index < -0.39 is 0 Å². The molecule has 1 nitrogen and oxygen atoms in total. The van der Waals surface area contributed by atoms with E-state index >= 15 is 0 Å². The highest BCUT2D eigenvalue weighted by molar-refractivity contribution is 9.11. The summed E-state index contributed by atoms with van der Waals surface area (Å²) >= 11 is 5.33. The highest BCUT2D eigenvalue weighted by Crippen LogP contribution is 2.24. The van der Waals surface area contributed by atoms with Gasteiger partial charge in [0, 0.05) is 17.5 Å². The van der Waals surface area contributed by atoms with Crippen molar-refractivity contribution < 1.29 is 0 Å². The first-order valence-electron chi connectivity index (χ1n) is 7.32. The number of unbranched alkanes of at least 4 members (excludes halogenated alkanes) is 2. The molecule has 0 spiro atoms. The molecular formula is C17H22BrNS. The lowest BCUT2D eigenvalue weighted by Crippen LogP contribution is -2.20. The topological polar surface area (TPSA) is 12.0 Å². The summed E-state index contributed by atoms with van der Waals surface area (Å²) in [6, 6.07) is 15.6. The predicted octanol–water partition coefficient (Wildman–Crippen LogP) is 5.92. The van der Waals surface area contributed by atoms with Gasteiger partial charge in [0.15, 0.2) is 0 Å². The fraction of sp³-hybridized carbons (Fsp3) is 0.412. The standard InChI is InChI=1S/C17H22BrNS/c1-2-3-5-10-16(14-8-6-4-7-9-14)19-13-15-11-12-17(18)20-15/h4,6-9,11-12,16,19H,2-3,5,10,13H2,1H3. The van der Waals surface area contributed by atoms with E-state index in [1.54, 1.807) is 0 Å². The number of benzene rings is 1. The van der Waals surface area contributed by atoms with Gasteiger partial charge in [0.05, 0.1) is 3.79 Å². The first-order valence-corrected chi connectivity index (χ1v) is 8.93. The largest absolute Gasteiger partial charge is 0.305 e. The van der Waals surface area contributed by atoms with E-state index in [0.29, 0.717) is 6.04 Å². The van der Waals surface area contributed by atoms with Gasteiger partial charge in [-0.05, 0) is 40.0 Å². The van der Waals surface area contributed by atoms with Crippen molar-refractivity contribution in [1.29, 1.82) is 0 Å². The molecule has 0 aliphatic carbocycles. The number of rotatable bonds is 8. The lowest BCUT2D eigenvalue weighted by Gasteiger charge is -2.19. The summed E-state index contributed by atoms with van der Waals surface area (Å²) in [5.74, 6) is 0. The molecule has 2 aromatic rings. The third-order valence-corrected chi connectivity index (χ3v) is 5.07. The summed E-state index contributed by atoms with van der Waals surface area (Å²) in [7, 11) is 0. The Balaban J connectivity index is 1.95. The van der Waals surface area contributed by atoms with Crippen LogP contribution in [-0.4, -0.2) is 0 Å². The summed E-state index contributed by atoms with van der Waals surface area (Å²) < 4.78 is 1.21. The monoisotopic (exact) mass is 351 g/mol. The molecule has 1 aromatic carbocycles. The Morgan fingerprint density at radius 1 is 1.10 bits per heavy atom. The molecule has 0 bridgehead atoms. The number of nitrogens with one attached hydrogen (secondary N) is 1. The first kappa shape index (κ1) is 15.7. The molecule has 0 fully saturated rings. The van der Waals surface area contributed by atoms with Crippen molar-refractivity contribution >= 4 is 27.3 Å². The Bertz CT molecular complexity index is 495. The average molecular weight is 352 g/mol. The molecule has 20 heavy (non-hydrogen) atoms. The lowest BCUT2D eigenvalue weighted by atomic mass is 10.0. The minimum absolute atomic E-state index is 0.462. The van der Waals surface area contributed by atoms with Gasteiger partial charge in [-0.1, -0.05) is 56.5 Å². The third-order valence-electron chi connectivity index (χ3n) is 3.45. The number of hydrogen-bond donors (Lipinski definition) is 1. The third kappa shape index (κ3) is 5.04. The van der Waals surface area contributed by atoms with Crippen LogP contribution in [0, 0.1) is 0 Å². The fourth-order valence-electron chi connectivity index (χ4n) is 2.34. The second-order valence-electron chi connectivity index (χ2n) is 5.05. The van der Waals surface area contributed by atoms with Gasteiger partial charge in [-0.15, -0.1) is 11.3 Å². The van der Waals surface area contributed by atoms with Crippen molar-refractivity contribution in [3.63, 3.8) is 0 Å². The second-order valence-corrected chi connectivity index (χ2v) is 7.59. The molecular weight excluding hydrogens is 330 g/mol. The Morgan fingerprint density at radius 3 is 2.55 bits per heavy atom. The maximum atomic E-state index is 3.71. The summed E-state index contributed by atoms with van der Waals surface area (Å²) in [6.07, 6.45) is 5.09. The van der Waals surface area contributed by atoms with Crippen LogP contribution in [0.5, 0.6) is 0 Å². The number of hydrogen-bond acceptors (Lipinski definition) is 2. The van der Waals surface area contributed by atoms with Gasteiger partial charge < -0.3 is 5.32 Å². The summed E-state index contributed by atoms with van der Waals surface area (Å²) in [5.41, 5.74) is 1.40. The van der Waals surface area contributed by atoms with E-state index in [4.69, 9.17) is 0 Å². The molecule has 1 unspecified atom stereocenters. The smallest absolute Gasteiger partial charge is 0.0701 e. The molecule has 3 heteroatoms. The normalized spacial score (nSPS) is 12.5. The molecule has 1 heterocycles. The van der Waals surface area contributed by atoms with Gasteiger partial charge in [-0.3, -0.25) is 0 Å². The van der Waals surface area contributed by atoms with Crippen molar-refractivity contribution in [2.45, 2.75) is 45.2 Å². The Kier molecular flexibility index (Phi) is 6.77. The quantitative estimate of drug-likeness (QED) is 0.581. The van der Waals surface area contributed by atoms with Crippen molar-refractivity contribution in [2.24, 2.45) is 0 Å². The highest BCUT2D eigenvalue weighted by Gasteiger charge is 2.10. The van der Waals surface area contributed by atoms with Crippen LogP contribution in [-0.2, 0) is 6.54 Å². The van der Waals surface area contributed by atoms with Crippen LogP contribution in [0.25, 0.3) is 0 Å². The van der Waals surface area contributed by atoms with Crippen LogP contribution in [0.15, 0.2) is 46.3 Å². The Labute approximate surface area is 134 Å². The van der Waals surface area contributed by atoms with Crippen LogP contribution in [0.1, 0.15) is 49.1 Å². The maximum Gasteiger partial charge on any atom is 0.0701 e. The molecule has 0 aliphatic heterocycles. The maximum absolute atomic E-state index is 3.71. The van der Waals surface area contributed by atoms with E-state index in [0.717, 1.165) is 6.54 Å². The average Bonchev–Trinajstić information content (AvgIpc) is 2.89. The lowest BCUT2D eigenvalue weighted by molar-refractivity contribution is 0.475. The Morgan fingerprint density at radius 2 is 1.90 bits per heavy atom. The van der Waals surface area contributed by atoms with Crippen molar-refractivity contribution in [2.75, 3.05) is 0 Å². The fourth-order valence-corrected chi connectivity index (χ4v) is 3.77. The van der Waals surface area contributed by atoms with Gasteiger partial charge in [0.1, 0.15) is 0 Å². The molecule has 2 rings (SSSR count). The van der Waals surface area contributed by atoms with E-state index in [1.165, 1.54) is 39.9 Å². The first-order chi connectivity index (χ1) is 9.79. The second kappa shape index (κ2) is 8.60. The zero-order valence-corrected chi connectivity index (χ0v) is 14.3. The summed E-state index contributed by atoms with van der Waals surface area (Å²) in [6.45, 7) is 3.20. The van der Waals surface area contributed by atoms with Gasteiger partial charge in [0.2, 0.25) is 0 Å². The summed E-state index contributed by atoms with van der Waals surface area (Å²) in [4.78, 5) is 1.38. The molecule has 1 atom stereocenters. The zero-order valence-electron chi connectivity index (χ0n) is 11.9. The van der Waals surface area contributed by atoms with Gasteiger partial charge in [0.25, 0.3) is 0 Å². The number of thiophene rings is 1. The molecule has 0 amide bonds. The van der Waals surface area contributed by atoms with Crippen LogP contribution < -0.4 is 5.32 Å². The van der Waals surface area contributed by atoms with Crippen LogP contribution in [0.4, 0.5) is 0 Å². The predicted molar refractivity (Wildman–Crippen MR) is 92.2 cm³/mol. The molecule has 0 saturated heterocycles. The minimum atomic E-state index is 0.462. The van der Waals surface area contributed by atoms with Gasteiger partial charge >= 0.3 is 0 Å². The van der Waals surface area contributed by atoms with Crippen molar-refractivity contribution in [3.8, 4) is 0 Å². The molecule has 0 radical (unpaired) electrons. The summed E-state index contributed by atoms with van der Waals surface area (Å²) in [5, 5.41) is 3.71. The van der Waals surface area contributed by atoms with Crippen LogP contribution in [0.2, 0.25) is 0 Å². The molecule has 1 aromatic heterocycles. The molecule has 0 saturated carbocycles. The van der Waals surface area contributed by atoms with E-state index in [2.05, 4.69) is 70.6 Å². The SMILES string of the molecule is CCCCCC(NCc1ccc(Br)s1)c1ccccc1. The van der Waals surface area contributed by atoms with Crippen molar-refractivity contribution in [1.82, 2.24) is 5.32 Å². The van der Waals surface area contributed by atoms with Crippen molar-refractivity contribution in [3.05, 3.63) is 56.7 Å². The minimum Gasteiger partial charge on any atom is -0.305 e. The molecule has 1 N–H and O–H groups in total. The Hall–Kier alpha value is -0.640. The van der Waals surface area contributed by atoms with Crippen LogP contribution in [0.3, 0.4) is 0 Å². The van der Waals surface area contributed by atoms with Crippen LogP contribution >= 0.6 is 27.3 Å². The van der Waals surface area contributed by atoms with Gasteiger partial charge in [-0.2, -0.15) is 0 Å². The number of halogens is 1.